The molecular formula is C51H34N2O. The van der Waals surface area contributed by atoms with Gasteiger partial charge in [0, 0.05) is 28.2 Å². The van der Waals surface area contributed by atoms with Crippen molar-refractivity contribution in [2.75, 3.05) is 4.90 Å². The van der Waals surface area contributed by atoms with Crippen molar-refractivity contribution in [2.45, 2.75) is 0 Å². The molecular weight excluding hydrogens is 657 g/mol. The topological polar surface area (TPSA) is 29.3 Å². The van der Waals surface area contributed by atoms with Crippen LogP contribution < -0.4 is 4.90 Å². The molecule has 0 aliphatic carbocycles. The molecule has 0 spiro atoms. The quantitative estimate of drug-likeness (QED) is 0.167. The summed E-state index contributed by atoms with van der Waals surface area (Å²) in [5.74, 6) is 0.627. The molecule has 3 nitrogen and oxygen atoms in total. The van der Waals surface area contributed by atoms with Crippen LogP contribution >= 0.6 is 0 Å². The Balaban J connectivity index is 1.05. The number of aromatic nitrogens is 1. The van der Waals surface area contributed by atoms with Gasteiger partial charge in [0.1, 0.15) is 5.52 Å². The molecule has 0 unspecified atom stereocenters. The van der Waals surface area contributed by atoms with Crippen LogP contribution in [-0.2, 0) is 0 Å². The second-order valence-corrected chi connectivity index (χ2v) is 13.6. The van der Waals surface area contributed by atoms with E-state index >= 15 is 0 Å². The van der Waals surface area contributed by atoms with Crippen molar-refractivity contribution in [3.05, 3.63) is 206 Å². The van der Waals surface area contributed by atoms with Crippen molar-refractivity contribution in [1.29, 1.82) is 0 Å². The second kappa shape index (κ2) is 13.4. The minimum atomic E-state index is 0.627. The number of oxazole rings is 1. The van der Waals surface area contributed by atoms with Gasteiger partial charge in [-0.05, 0) is 97.9 Å². The highest BCUT2D eigenvalue weighted by atomic mass is 16.3. The summed E-state index contributed by atoms with van der Waals surface area (Å²) in [5, 5.41) is 4.78. The highest BCUT2D eigenvalue weighted by Gasteiger charge is 2.18. The van der Waals surface area contributed by atoms with E-state index in [1.54, 1.807) is 0 Å². The maximum atomic E-state index is 6.57. The predicted octanol–water partition coefficient (Wildman–Crippen LogP) is 14.3. The molecule has 10 rings (SSSR count). The van der Waals surface area contributed by atoms with Crippen molar-refractivity contribution < 1.29 is 4.42 Å². The van der Waals surface area contributed by atoms with E-state index in [-0.39, 0.29) is 0 Å². The minimum Gasteiger partial charge on any atom is -0.435 e. The molecule has 54 heavy (non-hydrogen) atoms. The molecule has 0 saturated carbocycles. The lowest BCUT2D eigenvalue weighted by Gasteiger charge is -2.26. The molecule has 3 heteroatoms. The first-order valence-corrected chi connectivity index (χ1v) is 18.3. The first kappa shape index (κ1) is 31.5. The Morgan fingerprint density at radius 3 is 1.57 bits per heavy atom. The van der Waals surface area contributed by atoms with Crippen molar-refractivity contribution >= 4 is 49.7 Å². The molecule has 10 aromatic rings. The molecule has 0 N–H and O–H groups in total. The Morgan fingerprint density at radius 2 is 0.870 bits per heavy atom. The Labute approximate surface area is 314 Å². The van der Waals surface area contributed by atoms with Gasteiger partial charge in [-0.1, -0.05) is 158 Å². The largest absolute Gasteiger partial charge is 0.435 e. The summed E-state index contributed by atoms with van der Waals surface area (Å²) in [6.45, 7) is 0. The fraction of sp³-hybridized carbons (Fsp3) is 0. The van der Waals surface area contributed by atoms with Gasteiger partial charge < -0.3 is 9.32 Å². The zero-order chi connectivity index (χ0) is 35.8. The fourth-order valence-electron chi connectivity index (χ4n) is 7.66. The van der Waals surface area contributed by atoms with Gasteiger partial charge in [-0.25, -0.2) is 4.98 Å². The second-order valence-electron chi connectivity index (χ2n) is 13.6. The minimum absolute atomic E-state index is 0.627. The lowest BCUT2D eigenvalue weighted by Crippen LogP contribution is -2.10. The van der Waals surface area contributed by atoms with Gasteiger partial charge in [-0.15, -0.1) is 0 Å². The number of rotatable bonds is 7. The molecule has 0 bridgehead atoms. The maximum Gasteiger partial charge on any atom is 0.227 e. The van der Waals surface area contributed by atoms with Crippen LogP contribution in [-0.4, -0.2) is 4.98 Å². The molecule has 0 fully saturated rings. The average Bonchev–Trinajstić information content (AvgIpc) is 3.69. The van der Waals surface area contributed by atoms with Gasteiger partial charge in [0.2, 0.25) is 5.89 Å². The smallest absolute Gasteiger partial charge is 0.227 e. The average molecular weight is 691 g/mol. The summed E-state index contributed by atoms with van der Waals surface area (Å²) >= 11 is 0. The van der Waals surface area contributed by atoms with E-state index in [9.17, 15) is 0 Å². The number of hydrogen-bond donors (Lipinski definition) is 0. The molecule has 254 valence electrons. The van der Waals surface area contributed by atoms with Crippen LogP contribution in [0, 0.1) is 0 Å². The highest BCUT2D eigenvalue weighted by Crippen LogP contribution is 2.40. The number of hydrogen-bond acceptors (Lipinski definition) is 3. The number of fused-ring (bicyclic) bond motifs is 3. The van der Waals surface area contributed by atoms with Crippen LogP contribution in [0.2, 0.25) is 0 Å². The fourth-order valence-corrected chi connectivity index (χ4v) is 7.66. The van der Waals surface area contributed by atoms with E-state index in [2.05, 4.69) is 205 Å². The Hall–Kier alpha value is -7.23. The van der Waals surface area contributed by atoms with Crippen LogP contribution in [0.5, 0.6) is 0 Å². The first-order valence-electron chi connectivity index (χ1n) is 18.3. The first-order chi connectivity index (χ1) is 26.8. The zero-order valence-electron chi connectivity index (χ0n) is 29.4. The monoisotopic (exact) mass is 690 g/mol. The highest BCUT2D eigenvalue weighted by molar-refractivity contribution is 5.99. The van der Waals surface area contributed by atoms with E-state index in [0.29, 0.717) is 5.89 Å². The SMILES string of the molecule is c1ccc(-c2cccc(N(c3ccc(-c4cccc5ccccc45)cc3)c3ccc(-c4cccc5nc(-c6cccc7ccccc67)oc45)cc3)c2)cc1. The molecule has 0 radical (unpaired) electrons. The Morgan fingerprint density at radius 1 is 0.352 bits per heavy atom. The molecule has 0 aliphatic rings. The zero-order valence-corrected chi connectivity index (χ0v) is 29.4. The number of benzene rings is 9. The van der Waals surface area contributed by atoms with E-state index in [0.717, 1.165) is 55.6 Å². The van der Waals surface area contributed by atoms with Crippen molar-refractivity contribution in [3.8, 4) is 44.8 Å². The molecule has 1 heterocycles. The van der Waals surface area contributed by atoms with Gasteiger partial charge in [0.25, 0.3) is 0 Å². The lowest BCUT2D eigenvalue weighted by atomic mass is 9.98. The summed E-state index contributed by atoms with van der Waals surface area (Å²) < 4.78 is 6.57. The number of nitrogens with zero attached hydrogens (tertiary/aromatic N) is 2. The lowest BCUT2D eigenvalue weighted by molar-refractivity contribution is 0.621. The van der Waals surface area contributed by atoms with Gasteiger partial charge in [0.05, 0.1) is 0 Å². The third kappa shape index (κ3) is 5.69. The van der Waals surface area contributed by atoms with Crippen LogP contribution in [0.25, 0.3) is 77.5 Å². The Bertz CT molecular complexity index is 2920. The van der Waals surface area contributed by atoms with E-state index < -0.39 is 0 Å². The van der Waals surface area contributed by atoms with Crippen molar-refractivity contribution in [3.63, 3.8) is 0 Å². The maximum absolute atomic E-state index is 6.57. The summed E-state index contributed by atoms with van der Waals surface area (Å²) in [5.41, 5.74) is 12.7. The number of anilines is 3. The molecule has 0 atom stereocenters. The summed E-state index contributed by atoms with van der Waals surface area (Å²) in [6.07, 6.45) is 0. The molecule has 0 saturated heterocycles. The van der Waals surface area contributed by atoms with Crippen LogP contribution in [0.4, 0.5) is 17.1 Å². The van der Waals surface area contributed by atoms with Crippen LogP contribution in [0.3, 0.4) is 0 Å². The van der Waals surface area contributed by atoms with E-state index in [1.807, 2.05) is 6.07 Å². The molecule has 0 amide bonds. The standard InChI is InChI=1S/C51H34N2O/c1-2-12-35(13-3-1)40-18-8-19-43(34-40)53(41-30-26-38(27-31-41)45-22-9-16-36-14-4-6-20-44(36)45)42-32-28-39(29-33-42)47-23-11-25-49-50(47)54-51(52-49)48-24-10-17-37-15-5-7-21-46(37)48/h1-34H. The number of para-hydroxylation sites is 1. The van der Waals surface area contributed by atoms with Gasteiger partial charge in [-0.2, -0.15) is 0 Å². The van der Waals surface area contributed by atoms with Crippen molar-refractivity contribution in [2.24, 2.45) is 0 Å². The third-order valence-corrected chi connectivity index (χ3v) is 10.3. The predicted molar refractivity (Wildman–Crippen MR) is 225 cm³/mol. The van der Waals surface area contributed by atoms with Gasteiger partial charge >= 0.3 is 0 Å². The summed E-state index contributed by atoms with van der Waals surface area (Å²) in [4.78, 5) is 7.28. The van der Waals surface area contributed by atoms with E-state index in [1.165, 1.54) is 33.0 Å². The van der Waals surface area contributed by atoms with Crippen LogP contribution in [0.15, 0.2) is 211 Å². The Kier molecular flexibility index (Phi) is 7.81. The molecule has 1 aromatic heterocycles. The van der Waals surface area contributed by atoms with Gasteiger partial charge in [-0.3, -0.25) is 0 Å². The molecule has 0 aliphatic heterocycles. The summed E-state index contributed by atoms with van der Waals surface area (Å²) in [7, 11) is 0. The van der Waals surface area contributed by atoms with E-state index in [4.69, 9.17) is 9.40 Å². The normalized spacial score (nSPS) is 11.3. The van der Waals surface area contributed by atoms with Gasteiger partial charge in [0.15, 0.2) is 5.58 Å². The van der Waals surface area contributed by atoms with Crippen molar-refractivity contribution in [1.82, 2.24) is 4.98 Å². The van der Waals surface area contributed by atoms with Crippen LogP contribution in [0.1, 0.15) is 0 Å². The third-order valence-electron chi connectivity index (χ3n) is 10.3. The summed E-state index contributed by atoms with van der Waals surface area (Å²) in [6, 6.07) is 72.9. The molecule has 9 aromatic carbocycles.